The molecule has 0 saturated carbocycles. The molecule has 43 heavy (non-hydrogen) atoms. The van der Waals surface area contributed by atoms with Crippen LogP contribution in [0.4, 0.5) is 0 Å². The van der Waals surface area contributed by atoms with Gasteiger partial charge in [0.2, 0.25) is 0 Å². The van der Waals surface area contributed by atoms with Gasteiger partial charge in [-0.3, -0.25) is 0 Å². The lowest BCUT2D eigenvalue weighted by atomic mass is 9.78. The van der Waals surface area contributed by atoms with Gasteiger partial charge in [0, 0.05) is 17.3 Å². The lowest BCUT2D eigenvalue weighted by molar-refractivity contribution is 0.0627. The highest BCUT2D eigenvalue weighted by atomic mass is 16.6. The Balaban J connectivity index is 0.000000167. The van der Waals surface area contributed by atoms with Crippen LogP contribution in [0.1, 0.15) is 72.2 Å². The molecule has 0 radical (unpaired) electrons. The van der Waals surface area contributed by atoms with Gasteiger partial charge in [0.15, 0.2) is 0 Å². The van der Waals surface area contributed by atoms with Crippen molar-refractivity contribution < 1.29 is 9.47 Å². The highest BCUT2D eigenvalue weighted by Crippen LogP contribution is 2.34. The summed E-state index contributed by atoms with van der Waals surface area (Å²) in [5.74, 6) is 1.21. The lowest BCUT2D eigenvalue weighted by Gasteiger charge is -2.26. The van der Waals surface area contributed by atoms with Gasteiger partial charge in [0.1, 0.15) is 0 Å². The van der Waals surface area contributed by atoms with Gasteiger partial charge >= 0.3 is 0 Å². The summed E-state index contributed by atoms with van der Waals surface area (Å²) in [5, 5.41) is 0. The van der Waals surface area contributed by atoms with Crippen LogP contribution in [0, 0.1) is 53.4 Å². The first kappa shape index (κ1) is 34.3. The third kappa shape index (κ3) is 10.5. The first-order valence-electron chi connectivity index (χ1n) is 15.8. The molecule has 0 N–H and O–H groups in total. The van der Waals surface area contributed by atoms with Gasteiger partial charge in [-0.25, -0.2) is 0 Å². The predicted octanol–water partition coefficient (Wildman–Crippen LogP) is 10.3. The Morgan fingerprint density at radius 1 is 0.465 bits per heavy atom. The van der Waals surface area contributed by atoms with E-state index in [9.17, 15) is 0 Å². The molecule has 2 fully saturated rings. The van der Waals surface area contributed by atoms with E-state index in [1.165, 1.54) is 44.5 Å². The maximum atomic E-state index is 5.58. The highest BCUT2D eigenvalue weighted by Gasteiger charge is 2.43. The minimum Gasteiger partial charge on any atom is -0.375 e. The first-order chi connectivity index (χ1) is 20.4. The van der Waals surface area contributed by atoms with Gasteiger partial charge in [-0.15, -0.1) is 0 Å². The average molecular weight is 579 g/mol. The predicted molar refractivity (Wildman–Crippen MR) is 184 cm³/mol. The fourth-order valence-corrected chi connectivity index (χ4v) is 5.43. The summed E-state index contributed by atoms with van der Waals surface area (Å²) in [7, 11) is 0. The van der Waals surface area contributed by atoms with Gasteiger partial charge in [0.05, 0.1) is 25.4 Å². The molecule has 4 unspecified atom stereocenters. The van der Waals surface area contributed by atoms with Crippen LogP contribution in [-0.4, -0.2) is 25.4 Å². The summed E-state index contributed by atoms with van der Waals surface area (Å²) in [4.78, 5) is 0. The molecule has 2 heterocycles. The van der Waals surface area contributed by atoms with Crippen LogP contribution in [0.15, 0.2) is 97.1 Å². The zero-order chi connectivity index (χ0) is 31.6. The molecule has 0 aromatic heterocycles. The molecule has 2 nitrogen and oxygen atoms in total. The molecular weight excluding hydrogens is 524 g/mol. The van der Waals surface area contributed by atoms with E-state index in [2.05, 4.69) is 166 Å². The maximum Gasteiger partial charge on any atom is 0.0887 e. The summed E-state index contributed by atoms with van der Waals surface area (Å²) in [5.41, 5.74) is 10.8. The van der Waals surface area contributed by atoms with Gasteiger partial charge in [-0.2, -0.15) is 0 Å². The number of ether oxygens (including phenoxy) is 2. The van der Waals surface area contributed by atoms with Crippen LogP contribution in [-0.2, 0) is 14.9 Å². The van der Waals surface area contributed by atoms with Gasteiger partial charge in [-0.05, 0) is 52.7 Å². The zero-order valence-electron chi connectivity index (χ0n) is 28.3. The Morgan fingerprint density at radius 3 is 1.05 bits per heavy atom. The van der Waals surface area contributed by atoms with Crippen molar-refractivity contribution in [3.05, 3.63) is 142 Å². The largest absolute Gasteiger partial charge is 0.375 e. The number of aryl methyl sites for hydroxylation is 6. The Bertz CT molecular complexity index is 1270. The second-order valence-electron chi connectivity index (χ2n) is 13.2. The van der Waals surface area contributed by atoms with Gasteiger partial charge in [-0.1, -0.05) is 158 Å². The standard InChI is InChI=1S/C17H20.C8H14O2.2C8H10/c1-13-5-9-15(10-6-13)17(3,4)16-11-7-14(2)8-12-16;1-5-3-9-8-6(2)4-10-7(5)8;1-7-3-5-8(2)6-4-7;1-7-4-3-5-8(2)6-7/h5-12H,1-4H3;5-8H,3-4H2,1-2H3;2*3-6H,1-2H3. The maximum absolute atomic E-state index is 5.58. The van der Waals surface area contributed by atoms with E-state index in [-0.39, 0.29) is 5.41 Å². The van der Waals surface area contributed by atoms with E-state index in [1.807, 2.05) is 0 Å². The number of benzene rings is 4. The van der Waals surface area contributed by atoms with Crippen molar-refractivity contribution in [3.63, 3.8) is 0 Å². The summed E-state index contributed by atoms with van der Waals surface area (Å²) >= 11 is 0. The fourth-order valence-electron chi connectivity index (χ4n) is 5.43. The van der Waals surface area contributed by atoms with Crippen molar-refractivity contribution in [3.8, 4) is 0 Å². The van der Waals surface area contributed by atoms with Crippen LogP contribution in [0.2, 0.25) is 0 Å². The molecule has 0 amide bonds. The minimum absolute atomic E-state index is 0.0708. The smallest absolute Gasteiger partial charge is 0.0887 e. The molecule has 4 atom stereocenters. The van der Waals surface area contributed by atoms with Crippen LogP contribution >= 0.6 is 0 Å². The number of hydrogen-bond donors (Lipinski definition) is 0. The van der Waals surface area contributed by atoms with E-state index in [0.717, 1.165) is 13.2 Å². The molecule has 0 spiro atoms. The first-order valence-corrected chi connectivity index (χ1v) is 15.8. The second-order valence-corrected chi connectivity index (χ2v) is 13.2. The van der Waals surface area contributed by atoms with Crippen molar-refractivity contribution in [2.24, 2.45) is 11.8 Å². The molecular formula is C41H54O2. The molecule has 0 bridgehead atoms. The lowest BCUT2D eigenvalue weighted by Crippen LogP contribution is -2.23. The summed E-state index contributed by atoms with van der Waals surface area (Å²) in [6.45, 7) is 23.4. The molecule has 2 aliphatic heterocycles. The van der Waals surface area contributed by atoms with Crippen LogP contribution in [0.3, 0.4) is 0 Å². The van der Waals surface area contributed by atoms with Crippen molar-refractivity contribution >= 4 is 0 Å². The van der Waals surface area contributed by atoms with Crippen molar-refractivity contribution in [2.45, 2.75) is 86.9 Å². The van der Waals surface area contributed by atoms with E-state index in [4.69, 9.17) is 9.47 Å². The van der Waals surface area contributed by atoms with Crippen LogP contribution < -0.4 is 0 Å². The third-order valence-electron chi connectivity index (χ3n) is 8.49. The SMILES string of the molecule is CC1COC2C(C)COC12.Cc1ccc(C(C)(C)c2ccc(C)cc2)cc1.Cc1ccc(C)cc1.Cc1cccc(C)c1. The van der Waals surface area contributed by atoms with Gasteiger partial charge in [0.25, 0.3) is 0 Å². The topological polar surface area (TPSA) is 18.5 Å². The molecule has 6 rings (SSSR count). The monoisotopic (exact) mass is 578 g/mol. The van der Waals surface area contributed by atoms with Crippen LogP contribution in [0.25, 0.3) is 0 Å². The average Bonchev–Trinajstić information content (AvgIpc) is 3.54. The zero-order valence-corrected chi connectivity index (χ0v) is 28.3. The Hall–Kier alpha value is -3.20. The number of rotatable bonds is 2. The van der Waals surface area contributed by atoms with Crippen molar-refractivity contribution in [1.82, 2.24) is 0 Å². The Labute approximate surface area is 262 Å². The molecule has 2 aliphatic rings. The van der Waals surface area contributed by atoms with Gasteiger partial charge < -0.3 is 9.47 Å². The van der Waals surface area contributed by atoms with Crippen LogP contribution in [0.5, 0.6) is 0 Å². The van der Waals surface area contributed by atoms with Crippen molar-refractivity contribution in [2.75, 3.05) is 13.2 Å². The quantitative estimate of drug-likeness (QED) is 0.236. The molecule has 0 aliphatic carbocycles. The number of hydrogen-bond acceptors (Lipinski definition) is 2. The Kier molecular flexibility index (Phi) is 12.8. The van der Waals surface area contributed by atoms with Crippen molar-refractivity contribution in [1.29, 1.82) is 0 Å². The summed E-state index contributed by atoms with van der Waals surface area (Å²) in [6.07, 6.45) is 0.796. The van der Waals surface area contributed by atoms with E-state index in [1.54, 1.807) is 0 Å². The van der Waals surface area contributed by atoms with E-state index < -0.39 is 0 Å². The molecule has 2 heteroatoms. The second kappa shape index (κ2) is 16.0. The third-order valence-corrected chi connectivity index (χ3v) is 8.49. The highest BCUT2D eigenvalue weighted by molar-refractivity contribution is 5.39. The normalized spacial score (nSPS) is 20.4. The summed E-state index contributed by atoms with van der Waals surface area (Å²) < 4.78 is 11.2. The molecule has 230 valence electrons. The number of fused-ring (bicyclic) bond motifs is 1. The summed E-state index contributed by atoms with van der Waals surface area (Å²) in [6, 6.07) is 34.6. The van der Waals surface area contributed by atoms with E-state index >= 15 is 0 Å². The molecule has 2 saturated heterocycles. The Morgan fingerprint density at radius 2 is 0.767 bits per heavy atom. The minimum atomic E-state index is 0.0708. The van der Waals surface area contributed by atoms with E-state index in [0.29, 0.717) is 24.0 Å². The molecule has 4 aromatic rings. The molecule has 4 aromatic carbocycles. The fraction of sp³-hybridized carbons (Fsp3) is 0.415.